The number of nitrogens with one attached hydrogen (secondary N) is 1. The molecule has 24 heavy (non-hydrogen) atoms. The highest BCUT2D eigenvalue weighted by Crippen LogP contribution is 2.21. The summed E-state index contributed by atoms with van der Waals surface area (Å²) >= 11 is 3.41. The maximum absolute atomic E-state index is 11.9. The number of carbonyl (C=O) groups excluding carboxylic acids is 2. The highest BCUT2D eigenvalue weighted by molar-refractivity contribution is 9.10. The van der Waals surface area contributed by atoms with Crippen LogP contribution in [0.25, 0.3) is 0 Å². The minimum absolute atomic E-state index is 0.0965. The number of ether oxygens (including phenoxy) is 2. The molecule has 0 aliphatic carbocycles. The number of esters is 1. The van der Waals surface area contributed by atoms with Crippen molar-refractivity contribution in [3.63, 3.8) is 0 Å². The Morgan fingerprint density at radius 2 is 1.83 bits per heavy atom. The normalized spacial score (nSPS) is 10.1. The molecule has 0 aliphatic rings. The standard InChI is InChI=1S/C18H18BrNO4/c1-3-23-18(22)13-4-6-14(7-5-13)20-17(21)11-24-15-8-9-16(19)12(2)10-15/h4-10H,3,11H2,1-2H3,(H,20,21). The van der Waals surface area contributed by atoms with Crippen molar-refractivity contribution in [2.24, 2.45) is 0 Å². The molecule has 0 fully saturated rings. The minimum Gasteiger partial charge on any atom is -0.484 e. The molecule has 1 N–H and O–H groups in total. The van der Waals surface area contributed by atoms with Crippen LogP contribution in [0.3, 0.4) is 0 Å². The van der Waals surface area contributed by atoms with Crippen LogP contribution in [0.15, 0.2) is 46.9 Å². The number of amides is 1. The second kappa shape index (κ2) is 8.49. The van der Waals surface area contributed by atoms with E-state index in [1.54, 1.807) is 37.3 Å². The Kier molecular flexibility index (Phi) is 6.37. The smallest absolute Gasteiger partial charge is 0.338 e. The van der Waals surface area contributed by atoms with E-state index in [1.807, 2.05) is 19.1 Å². The SMILES string of the molecule is CCOC(=O)c1ccc(NC(=O)COc2ccc(Br)c(C)c2)cc1. The van der Waals surface area contributed by atoms with Crippen molar-refractivity contribution in [2.75, 3.05) is 18.5 Å². The number of halogens is 1. The largest absolute Gasteiger partial charge is 0.484 e. The van der Waals surface area contributed by atoms with Gasteiger partial charge in [0.05, 0.1) is 12.2 Å². The molecule has 0 heterocycles. The van der Waals surface area contributed by atoms with Gasteiger partial charge in [0, 0.05) is 10.2 Å². The third-order valence-corrected chi connectivity index (χ3v) is 4.07. The molecule has 5 nitrogen and oxygen atoms in total. The first-order valence-electron chi connectivity index (χ1n) is 7.45. The van der Waals surface area contributed by atoms with Crippen LogP contribution < -0.4 is 10.1 Å². The van der Waals surface area contributed by atoms with Crippen molar-refractivity contribution >= 4 is 33.5 Å². The zero-order chi connectivity index (χ0) is 17.5. The summed E-state index contributed by atoms with van der Waals surface area (Å²) in [7, 11) is 0. The lowest BCUT2D eigenvalue weighted by atomic mass is 10.2. The number of anilines is 1. The van der Waals surface area contributed by atoms with Gasteiger partial charge in [-0.2, -0.15) is 0 Å². The third-order valence-electron chi connectivity index (χ3n) is 3.18. The number of benzene rings is 2. The fourth-order valence-electron chi connectivity index (χ4n) is 1.96. The van der Waals surface area contributed by atoms with Crippen LogP contribution in [0.4, 0.5) is 5.69 Å². The van der Waals surface area contributed by atoms with Crippen LogP contribution in [0.5, 0.6) is 5.75 Å². The highest BCUT2D eigenvalue weighted by atomic mass is 79.9. The predicted octanol–water partition coefficient (Wildman–Crippen LogP) is 3.95. The Balaban J connectivity index is 1.87. The molecular weight excluding hydrogens is 374 g/mol. The van der Waals surface area contributed by atoms with Gasteiger partial charge < -0.3 is 14.8 Å². The molecule has 0 aliphatic heterocycles. The van der Waals surface area contributed by atoms with E-state index in [0.29, 0.717) is 23.6 Å². The number of hydrogen-bond acceptors (Lipinski definition) is 4. The summed E-state index contributed by atoms with van der Waals surface area (Å²) in [4.78, 5) is 23.5. The van der Waals surface area contributed by atoms with Gasteiger partial charge >= 0.3 is 5.97 Å². The maximum atomic E-state index is 11.9. The summed E-state index contributed by atoms with van der Waals surface area (Å²) in [5.41, 5.74) is 2.06. The molecule has 0 radical (unpaired) electrons. The van der Waals surface area contributed by atoms with Gasteiger partial charge in [-0.15, -0.1) is 0 Å². The molecule has 126 valence electrons. The molecule has 0 aromatic heterocycles. The molecule has 0 unspecified atom stereocenters. The Hall–Kier alpha value is -2.34. The van der Waals surface area contributed by atoms with Gasteiger partial charge in [0.25, 0.3) is 5.91 Å². The van der Waals surface area contributed by atoms with Crippen LogP contribution >= 0.6 is 15.9 Å². The molecule has 0 bridgehead atoms. The van der Waals surface area contributed by atoms with Gasteiger partial charge in [-0.25, -0.2) is 4.79 Å². The lowest BCUT2D eigenvalue weighted by Crippen LogP contribution is -2.20. The van der Waals surface area contributed by atoms with Crippen molar-refractivity contribution in [2.45, 2.75) is 13.8 Å². The lowest BCUT2D eigenvalue weighted by Gasteiger charge is -2.09. The van der Waals surface area contributed by atoms with Crippen LogP contribution in [0.2, 0.25) is 0 Å². The van der Waals surface area contributed by atoms with Crippen molar-refractivity contribution in [1.29, 1.82) is 0 Å². The first-order chi connectivity index (χ1) is 11.5. The summed E-state index contributed by atoms with van der Waals surface area (Å²) in [6.07, 6.45) is 0. The van der Waals surface area contributed by atoms with Crippen LogP contribution in [0.1, 0.15) is 22.8 Å². The van der Waals surface area contributed by atoms with Crippen molar-refractivity contribution in [3.05, 3.63) is 58.1 Å². The molecule has 2 aromatic rings. The molecule has 0 atom stereocenters. The molecule has 2 rings (SSSR count). The zero-order valence-corrected chi connectivity index (χ0v) is 15.1. The first kappa shape index (κ1) is 18.0. The van der Waals surface area contributed by atoms with E-state index in [9.17, 15) is 9.59 Å². The molecule has 0 spiro atoms. The van der Waals surface area contributed by atoms with E-state index in [2.05, 4.69) is 21.2 Å². The van der Waals surface area contributed by atoms with E-state index in [-0.39, 0.29) is 18.5 Å². The second-order valence-electron chi connectivity index (χ2n) is 5.05. The zero-order valence-electron chi connectivity index (χ0n) is 13.5. The maximum Gasteiger partial charge on any atom is 0.338 e. The van der Waals surface area contributed by atoms with E-state index < -0.39 is 0 Å². The van der Waals surface area contributed by atoms with Crippen molar-refractivity contribution in [3.8, 4) is 5.75 Å². The Bertz CT molecular complexity index is 728. The second-order valence-corrected chi connectivity index (χ2v) is 5.90. The minimum atomic E-state index is -0.385. The molecule has 0 saturated heterocycles. The topological polar surface area (TPSA) is 64.6 Å². The average molecular weight is 392 g/mol. The van der Waals surface area contributed by atoms with E-state index >= 15 is 0 Å². The molecule has 0 saturated carbocycles. The summed E-state index contributed by atoms with van der Waals surface area (Å²) in [6.45, 7) is 3.92. The average Bonchev–Trinajstić information content (AvgIpc) is 2.57. The van der Waals surface area contributed by atoms with Gasteiger partial charge in [0.1, 0.15) is 5.75 Å². The Morgan fingerprint density at radius 3 is 2.46 bits per heavy atom. The molecule has 6 heteroatoms. The molecular formula is C18H18BrNO4. The van der Waals surface area contributed by atoms with Gasteiger partial charge in [-0.05, 0) is 61.9 Å². The lowest BCUT2D eigenvalue weighted by molar-refractivity contribution is -0.118. The predicted molar refractivity (Wildman–Crippen MR) is 95.4 cm³/mol. The number of carbonyl (C=O) groups is 2. The molecule has 2 aromatic carbocycles. The molecule has 1 amide bonds. The first-order valence-corrected chi connectivity index (χ1v) is 8.25. The third kappa shape index (κ3) is 5.09. The van der Waals surface area contributed by atoms with Crippen molar-refractivity contribution < 1.29 is 19.1 Å². The Labute approximate surface area is 149 Å². The van der Waals surface area contributed by atoms with E-state index in [4.69, 9.17) is 9.47 Å². The van der Waals surface area contributed by atoms with Gasteiger partial charge in [-0.1, -0.05) is 15.9 Å². The van der Waals surface area contributed by atoms with Crippen LogP contribution in [-0.4, -0.2) is 25.1 Å². The number of rotatable bonds is 6. The fourth-order valence-corrected chi connectivity index (χ4v) is 2.20. The van der Waals surface area contributed by atoms with Gasteiger partial charge in [-0.3, -0.25) is 4.79 Å². The summed E-state index contributed by atoms with van der Waals surface area (Å²) in [5.74, 6) is -0.0349. The number of hydrogen-bond donors (Lipinski definition) is 1. The fraction of sp³-hybridized carbons (Fsp3) is 0.222. The number of aryl methyl sites for hydroxylation is 1. The van der Waals surface area contributed by atoms with E-state index in [1.165, 1.54) is 0 Å². The van der Waals surface area contributed by atoms with Gasteiger partial charge in [0.2, 0.25) is 0 Å². The van der Waals surface area contributed by atoms with Crippen LogP contribution in [-0.2, 0) is 9.53 Å². The quantitative estimate of drug-likeness (QED) is 0.757. The summed E-state index contributed by atoms with van der Waals surface area (Å²) < 4.78 is 11.4. The summed E-state index contributed by atoms with van der Waals surface area (Å²) in [6, 6.07) is 12.0. The highest BCUT2D eigenvalue weighted by Gasteiger charge is 2.08. The monoisotopic (exact) mass is 391 g/mol. The Morgan fingerprint density at radius 1 is 1.12 bits per heavy atom. The summed E-state index contributed by atoms with van der Waals surface area (Å²) in [5, 5.41) is 2.71. The van der Waals surface area contributed by atoms with Crippen molar-refractivity contribution in [1.82, 2.24) is 0 Å². The van der Waals surface area contributed by atoms with Crippen LogP contribution in [0, 0.1) is 6.92 Å². The van der Waals surface area contributed by atoms with Gasteiger partial charge in [0.15, 0.2) is 6.61 Å². The van der Waals surface area contributed by atoms with E-state index in [0.717, 1.165) is 10.0 Å².